The number of fused-ring (bicyclic) bond motifs is 1. The molecule has 0 fully saturated rings. The predicted molar refractivity (Wildman–Crippen MR) is 88.5 cm³/mol. The highest BCUT2D eigenvalue weighted by molar-refractivity contribution is 5.53. The number of benzene rings is 1. The summed E-state index contributed by atoms with van der Waals surface area (Å²) in [5.74, 6) is 0.0559. The van der Waals surface area contributed by atoms with Crippen LogP contribution in [0.4, 0.5) is 4.39 Å². The molecular weight excluding hydrogens is 323 g/mol. The number of hydrogen-bond acceptors (Lipinski definition) is 5. The lowest BCUT2D eigenvalue weighted by Crippen LogP contribution is -2.17. The van der Waals surface area contributed by atoms with E-state index in [2.05, 4.69) is 20.4 Å². The Kier molecular flexibility index (Phi) is 3.57. The van der Waals surface area contributed by atoms with Gasteiger partial charge in [0, 0.05) is 17.8 Å². The fourth-order valence-electron chi connectivity index (χ4n) is 2.51. The van der Waals surface area contributed by atoms with Crippen molar-refractivity contribution in [2.75, 3.05) is 0 Å². The molecule has 0 saturated heterocycles. The molecule has 4 rings (SSSR count). The van der Waals surface area contributed by atoms with E-state index < -0.39 is 0 Å². The molecule has 7 nitrogen and oxygen atoms in total. The van der Waals surface area contributed by atoms with Gasteiger partial charge in [-0.25, -0.2) is 9.37 Å². The van der Waals surface area contributed by atoms with Gasteiger partial charge in [-0.3, -0.25) is 9.20 Å². The Morgan fingerprint density at radius 1 is 1.12 bits per heavy atom. The van der Waals surface area contributed by atoms with Crippen LogP contribution in [-0.4, -0.2) is 29.6 Å². The van der Waals surface area contributed by atoms with E-state index in [-0.39, 0.29) is 17.9 Å². The van der Waals surface area contributed by atoms with E-state index in [4.69, 9.17) is 0 Å². The fraction of sp³-hybridized carbons (Fsp3) is 0.118. The average molecular weight is 336 g/mol. The highest BCUT2D eigenvalue weighted by Crippen LogP contribution is 2.14. The molecule has 124 valence electrons. The number of nitrogens with zero attached hydrogens (tertiary/aromatic N) is 6. The van der Waals surface area contributed by atoms with E-state index in [1.807, 2.05) is 13.0 Å². The molecule has 4 aromatic rings. The molecule has 3 heterocycles. The Balaban J connectivity index is 1.64. The van der Waals surface area contributed by atoms with Crippen molar-refractivity contribution in [2.24, 2.45) is 0 Å². The summed E-state index contributed by atoms with van der Waals surface area (Å²) in [6.45, 7) is 2.13. The number of aromatic nitrogens is 6. The van der Waals surface area contributed by atoms with Crippen molar-refractivity contribution in [3.05, 3.63) is 76.1 Å². The normalized spacial score (nSPS) is 11.1. The summed E-state index contributed by atoms with van der Waals surface area (Å²) >= 11 is 0. The molecule has 0 atom stereocenters. The number of pyridine rings is 1. The van der Waals surface area contributed by atoms with E-state index in [1.165, 1.54) is 27.4 Å². The summed E-state index contributed by atoms with van der Waals surface area (Å²) in [4.78, 5) is 18.0. The summed E-state index contributed by atoms with van der Waals surface area (Å²) in [6, 6.07) is 11.0. The molecule has 0 aliphatic rings. The zero-order valence-corrected chi connectivity index (χ0v) is 13.3. The molecule has 0 saturated carbocycles. The molecule has 0 unspecified atom stereocenters. The number of rotatable bonds is 3. The first kappa shape index (κ1) is 15.1. The van der Waals surface area contributed by atoms with E-state index in [1.54, 1.807) is 24.4 Å². The van der Waals surface area contributed by atoms with E-state index in [0.717, 1.165) is 5.56 Å². The Morgan fingerprint density at radius 2 is 1.92 bits per heavy atom. The van der Waals surface area contributed by atoms with Crippen molar-refractivity contribution in [3.8, 4) is 11.4 Å². The molecule has 0 radical (unpaired) electrons. The molecule has 0 bridgehead atoms. The van der Waals surface area contributed by atoms with Gasteiger partial charge < -0.3 is 0 Å². The molecule has 0 aliphatic carbocycles. The van der Waals surface area contributed by atoms with E-state index in [0.29, 0.717) is 22.7 Å². The van der Waals surface area contributed by atoms with Crippen molar-refractivity contribution in [1.82, 2.24) is 29.6 Å². The Labute approximate surface area is 141 Å². The molecule has 3 aromatic heterocycles. The van der Waals surface area contributed by atoms with Crippen molar-refractivity contribution in [1.29, 1.82) is 0 Å². The van der Waals surface area contributed by atoms with Crippen molar-refractivity contribution < 1.29 is 4.39 Å². The molecule has 0 amide bonds. The van der Waals surface area contributed by atoms with Gasteiger partial charge in [0.2, 0.25) is 5.82 Å². The Bertz CT molecular complexity index is 1120. The van der Waals surface area contributed by atoms with Crippen LogP contribution >= 0.6 is 0 Å². The first-order valence-electron chi connectivity index (χ1n) is 7.61. The van der Waals surface area contributed by atoms with Gasteiger partial charge in [0.25, 0.3) is 5.56 Å². The minimum atomic E-state index is -0.327. The third kappa shape index (κ3) is 3.01. The molecular formula is C17H13FN6O. The van der Waals surface area contributed by atoms with Gasteiger partial charge in [-0.15, -0.1) is 10.2 Å². The number of halogens is 1. The van der Waals surface area contributed by atoms with Crippen LogP contribution in [0.1, 0.15) is 11.3 Å². The standard InChI is InChI=1S/C17H13FN6O/c1-11-2-7-15-19-14(8-16(25)23(15)9-11)10-24-21-17(20-22-24)12-3-5-13(18)6-4-12/h2-9H,10H2,1H3. The molecule has 8 heteroatoms. The van der Waals surface area contributed by atoms with E-state index in [9.17, 15) is 9.18 Å². The van der Waals surface area contributed by atoms with Crippen LogP contribution in [0.5, 0.6) is 0 Å². The second kappa shape index (κ2) is 5.90. The maximum Gasteiger partial charge on any atom is 0.258 e. The number of tetrazole rings is 1. The lowest BCUT2D eigenvalue weighted by Gasteiger charge is -2.04. The third-order valence-corrected chi connectivity index (χ3v) is 3.72. The van der Waals surface area contributed by atoms with Gasteiger partial charge in [-0.1, -0.05) is 6.07 Å². The minimum Gasteiger partial charge on any atom is -0.269 e. The Morgan fingerprint density at radius 3 is 2.72 bits per heavy atom. The monoisotopic (exact) mass is 336 g/mol. The maximum absolute atomic E-state index is 13.0. The summed E-state index contributed by atoms with van der Waals surface area (Å²) < 4.78 is 14.5. The summed E-state index contributed by atoms with van der Waals surface area (Å²) in [5.41, 5.74) is 2.58. The van der Waals surface area contributed by atoms with Gasteiger partial charge in [-0.2, -0.15) is 4.80 Å². The first-order valence-corrected chi connectivity index (χ1v) is 7.61. The first-order chi connectivity index (χ1) is 12.1. The van der Waals surface area contributed by atoms with Crippen molar-refractivity contribution >= 4 is 5.65 Å². The van der Waals surface area contributed by atoms with Gasteiger partial charge in [0.15, 0.2) is 0 Å². The smallest absolute Gasteiger partial charge is 0.258 e. The third-order valence-electron chi connectivity index (χ3n) is 3.72. The minimum absolute atomic E-state index is 0.164. The molecule has 0 aliphatic heterocycles. The highest BCUT2D eigenvalue weighted by atomic mass is 19.1. The zero-order chi connectivity index (χ0) is 17.4. The zero-order valence-electron chi connectivity index (χ0n) is 13.3. The second-order valence-corrected chi connectivity index (χ2v) is 5.67. The topological polar surface area (TPSA) is 78.0 Å². The molecule has 0 spiro atoms. The molecule has 25 heavy (non-hydrogen) atoms. The largest absolute Gasteiger partial charge is 0.269 e. The van der Waals surface area contributed by atoms with Gasteiger partial charge >= 0.3 is 0 Å². The molecule has 0 N–H and O–H groups in total. The molecule has 1 aromatic carbocycles. The summed E-state index contributed by atoms with van der Waals surface area (Å²) in [6.07, 6.45) is 1.74. The number of hydrogen-bond donors (Lipinski definition) is 0. The van der Waals surface area contributed by atoms with Gasteiger partial charge in [-0.05, 0) is 48.0 Å². The lowest BCUT2D eigenvalue weighted by molar-refractivity contribution is 0.564. The summed E-state index contributed by atoms with van der Waals surface area (Å²) in [7, 11) is 0. The quantitative estimate of drug-likeness (QED) is 0.570. The number of aryl methyl sites for hydroxylation is 1. The van der Waals surface area contributed by atoms with Crippen LogP contribution < -0.4 is 5.56 Å². The van der Waals surface area contributed by atoms with Crippen LogP contribution in [-0.2, 0) is 6.54 Å². The van der Waals surface area contributed by atoms with Crippen molar-refractivity contribution in [2.45, 2.75) is 13.5 Å². The van der Waals surface area contributed by atoms with Crippen LogP contribution in [0.15, 0.2) is 53.5 Å². The van der Waals surface area contributed by atoms with Crippen LogP contribution in [0, 0.1) is 12.7 Å². The van der Waals surface area contributed by atoms with Gasteiger partial charge in [0.1, 0.15) is 18.0 Å². The highest BCUT2D eigenvalue weighted by Gasteiger charge is 2.09. The Hall–Kier alpha value is -3.42. The van der Waals surface area contributed by atoms with Crippen molar-refractivity contribution in [3.63, 3.8) is 0 Å². The van der Waals surface area contributed by atoms with Gasteiger partial charge in [0.05, 0.1) is 5.69 Å². The van der Waals surface area contributed by atoms with Crippen LogP contribution in [0.3, 0.4) is 0 Å². The predicted octanol–water partition coefficient (Wildman–Crippen LogP) is 1.84. The van der Waals surface area contributed by atoms with Crippen LogP contribution in [0.2, 0.25) is 0 Å². The SMILES string of the molecule is Cc1ccc2nc(Cn3nnc(-c4ccc(F)cc4)n3)cc(=O)n2c1. The average Bonchev–Trinajstić information content (AvgIpc) is 3.05. The second-order valence-electron chi connectivity index (χ2n) is 5.67. The lowest BCUT2D eigenvalue weighted by atomic mass is 10.2. The fourth-order valence-corrected chi connectivity index (χ4v) is 2.51. The summed E-state index contributed by atoms with van der Waals surface area (Å²) in [5, 5.41) is 12.2. The maximum atomic E-state index is 13.0. The van der Waals surface area contributed by atoms with Crippen LogP contribution in [0.25, 0.3) is 17.0 Å². The van der Waals surface area contributed by atoms with E-state index >= 15 is 0 Å².